The summed E-state index contributed by atoms with van der Waals surface area (Å²) in [5, 5.41) is 3.01. The minimum atomic E-state index is -0.616. The van der Waals surface area contributed by atoms with Crippen LogP contribution in [-0.2, 0) is 33.8 Å². The molecule has 0 aliphatic rings. The van der Waals surface area contributed by atoms with Crippen molar-refractivity contribution >= 4 is 23.0 Å². The maximum absolute atomic E-state index is 15.5. The minimum Gasteiger partial charge on any atom is -0.488 e. The van der Waals surface area contributed by atoms with Crippen molar-refractivity contribution in [3.8, 4) is 16.9 Å². The Bertz CT molecular complexity index is 1510. The Morgan fingerprint density at radius 3 is 2.62 bits per heavy atom. The lowest BCUT2D eigenvalue weighted by molar-refractivity contribution is -0.139. The summed E-state index contributed by atoms with van der Waals surface area (Å²) in [7, 11) is 1.33. The Hall–Kier alpha value is -4.40. The van der Waals surface area contributed by atoms with Crippen molar-refractivity contribution in [2.24, 2.45) is 0 Å². The number of alkyl carbamates (subject to hydrolysis) is 1. The van der Waals surface area contributed by atoms with Gasteiger partial charge >= 0.3 is 12.1 Å². The van der Waals surface area contributed by atoms with Gasteiger partial charge in [-0.25, -0.2) is 9.18 Å². The molecule has 0 unspecified atom stereocenters. The van der Waals surface area contributed by atoms with E-state index in [9.17, 15) is 9.59 Å². The average molecular weight is 535 g/mol. The minimum absolute atomic E-state index is 0.0394. The zero-order valence-corrected chi connectivity index (χ0v) is 22.6. The fraction of sp³-hybridized carbons (Fsp3) is 0.300. The van der Waals surface area contributed by atoms with E-state index in [4.69, 9.17) is 18.6 Å². The van der Waals surface area contributed by atoms with Crippen molar-refractivity contribution < 1.29 is 32.6 Å². The molecule has 39 heavy (non-hydrogen) atoms. The Labute approximate surface area is 226 Å². The number of nitrogens with one attached hydrogen (secondary N) is 1. The van der Waals surface area contributed by atoms with Crippen LogP contribution >= 0.6 is 0 Å². The van der Waals surface area contributed by atoms with Crippen molar-refractivity contribution in [1.82, 2.24) is 10.3 Å². The first-order valence-corrected chi connectivity index (χ1v) is 12.4. The van der Waals surface area contributed by atoms with Crippen molar-refractivity contribution in [2.45, 2.75) is 52.9 Å². The molecule has 0 aliphatic carbocycles. The van der Waals surface area contributed by atoms with E-state index in [0.29, 0.717) is 39.1 Å². The van der Waals surface area contributed by atoms with Crippen LogP contribution in [-0.4, -0.2) is 29.8 Å². The van der Waals surface area contributed by atoms with Gasteiger partial charge in [0.25, 0.3) is 0 Å². The largest absolute Gasteiger partial charge is 0.488 e. The molecule has 9 heteroatoms. The molecule has 0 saturated carbocycles. The predicted molar refractivity (Wildman–Crippen MR) is 144 cm³/mol. The lowest BCUT2D eigenvalue weighted by atomic mass is 10.00. The SMILES string of the molecule is COC(=O)Cc1ccc(C)cc1OCc1cc(-c2ccnc(CNC(=O)OC(C)(C)C)c2)c2occc2c1F. The molecule has 2 aromatic carbocycles. The molecule has 4 aromatic rings. The summed E-state index contributed by atoms with van der Waals surface area (Å²) in [6.07, 6.45) is 2.54. The number of methoxy groups -OCH3 is 1. The standard InChI is InChI=1S/C30H31FN2O6/c1-18-6-7-20(15-26(34)36-5)25(12-18)38-17-21-14-24(28-23(27(21)31)9-11-37-28)19-8-10-32-22(13-19)16-33-29(35)39-30(2,3)4/h6-14H,15-17H2,1-5H3,(H,33,35). The molecule has 0 spiro atoms. The first-order valence-electron chi connectivity index (χ1n) is 12.4. The van der Waals surface area contributed by atoms with Crippen LogP contribution in [0.5, 0.6) is 5.75 Å². The number of esters is 1. The molecule has 0 saturated heterocycles. The second-order valence-corrected chi connectivity index (χ2v) is 10.1. The molecule has 2 heterocycles. The predicted octanol–water partition coefficient (Wildman–Crippen LogP) is 6.26. The van der Waals surface area contributed by atoms with Crippen molar-refractivity contribution in [1.29, 1.82) is 0 Å². The summed E-state index contributed by atoms with van der Waals surface area (Å²) in [6, 6.07) is 12.3. The first kappa shape index (κ1) is 27.6. The Balaban J connectivity index is 1.61. The van der Waals surface area contributed by atoms with Gasteiger partial charge in [-0.3, -0.25) is 9.78 Å². The number of fused-ring (bicyclic) bond motifs is 1. The summed E-state index contributed by atoms with van der Waals surface area (Å²) in [4.78, 5) is 28.2. The number of benzene rings is 2. The highest BCUT2D eigenvalue weighted by molar-refractivity contribution is 5.93. The summed E-state index contributed by atoms with van der Waals surface area (Å²) in [5.41, 5.74) is 3.64. The highest BCUT2D eigenvalue weighted by atomic mass is 19.1. The maximum Gasteiger partial charge on any atom is 0.407 e. The van der Waals surface area contributed by atoms with Gasteiger partial charge in [0.05, 0.1) is 37.4 Å². The topological polar surface area (TPSA) is 99.9 Å². The number of ether oxygens (including phenoxy) is 3. The Kier molecular flexibility index (Phi) is 8.18. The summed E-state index contributed by atoms with van der Waals surface area (Å²) >= 11 is 0. The average Bonchev–Trinajstić information content (AvgIpc) is 3.38. The zero-order valence-electron chi connectivity index (χ0n) is 22.6. The van der Waals surface area contributed by atoms with Gasteiger partial charge in [0.2, 0.25) is 0 Å². The van der Waals surface area contributed by atoms with Gasteiger partial charge in [-0.2, -0.15) is 0 Å². The van der Waals surface area contributed by atoms with E-state index in [1.54, 1.807) is 63.4 Å². The van der Waals surface area contributed by atoms with Crippen LogP contribution in [0, 0.1) is 12.7 Å². The highest BCUT2D eigenvalue weighted by Crippen LogP contribution is 2.34. The van der Waals surface area contributed by atoms with Crippen LogP contribution in [0.25, 0.3) is 22.1 Å². The van der Waals surface area contributed by atoms with E-state index < -0.39 is 23.5 Å². The first-order chi connectivity index (χ1) is 18.5. The van der Waals surface area contributed by atoms with Gasteiger partial charge in [0, 0.05) is 22.9 Å². The number of hydrogen-bond acceptors (Lipinski definition) is 7. The van der Waals surface area contributed by atoms with Crippen LogP contribution in [0.3, 0.4) is 0 Å². The summed E-state index contributed by atoms with van der Waals surface area (Å²) in [5.74, 6) is -0.370. The van der Waals surface area contributed by atoms with Gasteiger partial charge in [0.1, 0.15) is 29.4 Å². The third-order valence-electron chi connectivity index (χ3n) is 5.86. The lowest BCUT2D eigenvalue weighted by Crippen LogP contribution is -2.32. The molecule has 1 amide bonds. The number of aryl methyl sites for hydroxylation is 1. The molecule has 204 valence electrons. The monoisotopic (exact) mass is 534 g/mol. The number of rotatable bonds is 8. The molecule has 0 aliphatic heterocycles. The molecule has 2 aromatic heterocycles. The number of halogens is 1. The third-order valence-corrected chi connectivity index (χ3v) is 5.86. The molecule has 0 radical (unpaired) electrons. The van der Waals surface area contributed by atoms with Crippen LogP contribution in [0.4, 0.5) is 9.18 Å². The van der Waals surface area contributed by atoms with Gasteiger partial charge < -0.3 is 23.9 Å². The molecule has 8 nitrogen and oxygen atoms in total. The van der Waals surface area contributed by atoms with Gasteiger partial charge in [-0.1, -0.05) is 12.1 Å². The molecule has 0 atom stereocenters. The number of pyridine rings is 1. The summed E-state index contributed by atoms with van der Waals surface area (Å²) < 4.78 is 37.2. The Morgan fingerprint density at radius 2 is 1.87 bits per heavy atom. The molecular weight excluding hydrogens is 503 g/mol. The van der Waals surface area contributed by atoms with Crippen LogP contribution < -0.4 is 10.1 Å². The van der Waals surface area contributed by atoms with Crippen molar-refractivity contribution in [3.05, 3.63) is 83.1 Å². The van der Waals surface area contributed by atoms with E-state index in [1.165, 1.54) is 13.4 Å². The van der Waals surface area contributed by atoms with E-state index in [2.05, 4.69) is 10.3 Å². The van der Waals surface area contributed by atoms with Gasteiger partial charge in [-0.05, 0) is 69.2 Å². The molecule has 0 bridgehead atoms. The fourth-order valence-electron chi connectivity index (χ4n) is 4.03. The molecule has 4 rings (SSSR count). The van der Waals surface area contributed by atoms with Crippen molar-refractivity contribution in [3.63, 3.8) is 0 Å². The smallest absolute Gasteiger partial charge is 0.407 e. The lowest BCUT2D eigenvalue weighted by Gasteiger charge is -2.19. The Morgan fingerprint density at radius 1 is 1.08 bits per heavy atom. The number of carbonyl (C=O) groups excluding carboxylic acids is 2. The number of furan rings is 1. The number of hydrogen-bond donors (Lipinski definition) is 1. The quantitative estimate of drug-likeness (QED) is 0.266. The third kappa shape index (κ3) is 6.93. The van der Waals surface area contributed by atoms with E-state index in [-0.39, 0.29) is 19.6 Å². The molecule has 1 N–H and O–H groups in total. The van der Waals surface area contributed by atoms with E-state index >= 15 is 4.39 Å². The van der Waals surface area contributed by atoms with Crippen LogP contribution in [0.2, 0.25) is 0 Å². The van der Waals surface area contributed by atoms with Crippen molar-refractivity contribution in [2.75, 3.05) is 7.11 Å². The number of nitrogens with zero attached hydrogens (tertiary/aromatic N) is 1. The van der Waals surface area contributed by atoms with Crippen LogP contribution in [0.15, 0.2) is 59.3 Å². The second kappa shape index (κ2) is 11.6. The fourth-order valence-corrected chi connectivity index (χ4v) is 4.03. The van der Waals surface area contributed by atoms with Gasteiger partial charge in [-0.15, -0.1) is 0 Å². The number of carbonyl (C=O) groups is 2. The molecular formula is C30H31FN2O6. The molecule has 0 fully saturated rings. The number of amides is 1. The maximum atomic E-state index is 15.5. The highest BCUT2D eigenvalue weighted by Gasteiger charge is 2.19. The van der Waals surface area contributed by atoms with Gasteiger partial charge in [0.15, 0.2) is 0 Å². The van der Waals surface area contributed by atoms with E-state index in [0.717, 1.165) is 11.1 Å². The summed E-state index contributed by atoms with van der Waals surface area (Å²) in [6.45, 7) is 7.34. The second-order valence-electron chi connectivity index (χ2n) is 10.1. The normalized spacial score (nSPS) is 11.3. The zero-order chi connectivity index (χ0) is 28.2. The van der Waals surface area contributed by atoms with E-state index in [1.807, 2.05) is 13.0 Å². The van der Waals surface area contributed by atoms with Crippen LogP contribution in [0.1, 0.15) is 43.2 Å². The number of aromatic nitrogens is 1.